The number of anilines is 1. The Morgan fingerprint density at radius 1 is 0.933 bits per heavy atom. The Morgan fingerprint density at radius 3 is 2.37 bits per heavy atom. The van der Waals surface area contributed by atoms with Crippen molar-refractivity contribution in [2.24, 2.45) is 0 Å². The maximum Gasteiger partial charge on any atom is 0.253 e. The van der Waals surface area contributed by atoms with Gasteiger partial charge in [0.05, 0.1) is 18.4 Å². The van der Waals surface area contributed by atoms with E-state index in [0.29, 0.717) is 23.5 Å². The van der Waals surface area contributed by atoms with E-state index in [0.717, 1.165) is 11.1 Å². The van der Waals surface area contributed by atoms with Gasteiger partial charge in [-0.15, -0.1) is 0 Å². The number of carbonyl (C=O) groups excluding carboxylic acids is 2. The van der Waals surface area contributed by atoms with Crippen LogP contribution in [0.3, 0.4) is 0 Å². The number of hydrogen-bond donors (Lipinski definition) is 1. The van der Waals surface area contributed by atoms with E-state index >= 15 is 0 Å². The zero-order valence-electron chi connectivity index (χ0n) is 17.0. The van der Waals surface area contributed by atoms with E-state index in [9.17, 15) is 9.59 Å². The first-order chi connectivity index (χ1) is 14.6. The Morgan fingerprint density at radius 2 is 1.60 bits per heavy atom. The van der Waals surface area contributed by atoms with Gasteiger partial charge in [-0.3, -0.25) is 9.59 Å². The summed E-state index contributed by atoms with van der Waals surface area (Å²) in [5.41, 5.74) is 2.79. The third-order valence-corrected chi connectivity index (χ3v) is 4.68. The van der Waals surface area contributed by atoms with Crippen LogP contribution in [-0.2, 0) is 11.3 Å². The maximum atomic E-state index is 12.7. The van der Waals surface area contributed by atoms with Crippen LogP contribution in [0, 0.1) is 0 Å². The van der Waals surface area contributed by atoms with Crippen molar-refractivity contribution in [1.82, 2.24) is 5.32 Å². The molecule has 0 bridgehead atoms. The number of ether oxygens (including phenoxy) is 1. The molecule has 0 spiro atoms. The number of nitrogens with zero attached hydrogens (tertiary/aromatic N) is 1. The average Bonchev–Trinajstić information content (AvgIpc) is 2.81. The minimum Gasteiger partial charge on any atom is -0.496 e. The quantitative estimate of drug-likeness (QED) is 0.602. The molecule has 30 heavy (non-hydrogen) atoms. The van der Waals surface area contributed by atoms with Gasteiger partial charge in [0.1, 0.15) is 5.75 Å². The van der Waals surface area contributed by atoms with E-state index in [1.165, 1.54) is 11.0 Å². The number of carbonyl (C=O) groups is 2. The first-order valence-electron chi connectivity index (χ1n) is 9.60. The fourth-order valence-corrected chi connectivity index (χ4v) is 3.03. The largest absolute Gasteiger partial charge is 0.496 e. The van der Waals surface area contributed by atoms with Crippen molar-refractivity contribution in [3.63, 3.8) is 0 Å². The summed E-state index contributed by atoms with van der Waals surface area (Å²) in [6.07, 6.45) is 3.17. The van der Waals surface area contributed by atoms with Gasteiger partial charge in [0.25, 0.3) is 11.8 Å². The minimum atomic E-state index is -0.246. The molecular weight excluding hydrogens is 376 g/mol. The molecule has 0 aliphatic carbocycles. The highest BCUT2D eigenvalue weighted by Crippen LogP contribution is 2.22. The van der Waals surface area contributed by atoms with Gasteiger partial charge in [-0.2, -0.15) is 0 Å². The third kappa shape index (κ3) is 5.14. The van der Waals surface area contributed by atoms with Crippen LogP contribution in [0.4, 0.5) is 5.69 Å². The summed E-state index contributed by atoms with van der Waals surface area (Å²) in [5.74, 6) is 0.205. The molecule has 0 fully saturated rings. The number of amides is 2. The number of nitrogens with one attached hydrogen (secondary N) is 1. The smallest absolute Gasteiger partial charge is 0.253 e. The van der Waals surface area contributed by atoms with Crippen molar-refractivity contribution >= 4 is 23.6 Å². The van der Waals surface area contributed by atoms with Crippen LogP contribution in [0.25, 0.3) is 6.08 Å². The van der Waals surface area contributed by atoms with Crippen LogP contribution in [0.2, 0.25) is 0 Å². The van der Waals surface area contributed by atoms with Crippen LogP contribution in [0.15, 0.2) is 84.9 Å². The topological polar surface area (TPSA) is 58.6 Å². The molecule has 1 N–H and O–H groups in total. The highest BCUT2D eigenvalue weighted by molar-refractivity contribution is 6.08. The van der Waals surface area contributed by atoms with Crippen LogP contribution in [0.5, 0.6) is 5.75 Å². The fraction of sp³-hybridized carbons (Fsp3) is 0.120. The van der Waals surface area contributed by atoms with Crippen LogP contribution < -0.4 is 15.0 Å². The van der Waals surface area contributed by atoms with Crippen molar-refractivity contribution in [2.75, 3.05) is 19.1 Å². The molecule has 0 unspecified atom stereocenters. The van der Waals surface area contributed by atoms with E-state index in [4.69, 9.17) is 4.74 Å². The first kappa shape index (κ1) is 20.9. The molecule has 3 aromatic carbocycles. The van der Waals surface area contributed by atoms with E-state index in [1.54, 1.807) is 44.5 Å². The highest BCUT2D eigenvalue weighted by Gasteiger charge is 2.17. The first-order valence-corrected chi connectivity index (χ1v) is 9.60. The van der Waals surface area contributed by atoms with E-state index in [2.05, 4.69) is 5.32 Å². The number of likely N-dealkylation sites (N-methyl/N-ethyl adjacent to an activating group) is 1. The second-order valence-electron chi connectivity index (χ2n) is 6.66. The Bertz CT molecular complexity index is 1050. The van der Waals surface area contributed by atoms with Gasteiger partial charge in [0, 0.05) is 25.2 Å². The molecule has 152 valence electrons. The lowest BCUT2D eigenvalue weighted by Gasteiger charge is -2.19. The van der Waals surface area contributed by atoms with Crippen molar-refractivity contribution < 1.29 is 14.3 Å². The second-order valence-corrected chi connectivity index (χ2v) is 6.66. The Hall–Kier alpha value is -3.86. The Labute approximate surface area is 176 Å². The zero-order chi connectivity index (χ0) is 21.3. The van der Waals surface area contributed by atoms with Gasteiger partial charge in [-0.25, -0.2) is 0 Å². The maximum absolute atomic E-state index is 12.7. The van der Waals surface area contributed by atoms with E-state index in [1.807, 2.05) is 54.6 Å². The summed E-state index contributed by atoms with van der Waals surface area (Å²) in [6, 6.07) is 24.2. The van der Waals surface area contributed by atoms with Gasteiger partial charge >= 0.3 is 0 Å². The molecule has 5 heteroatoms. The number of methoxy groups -OCH3 is 1. The molecule has 2 amide bonds. The standard InChI is InChI=1S/C25H24N2O3/c1-27(24(28)17-16-20-12-6-9-15-23(20)30-2)22-14-8-7-13-21(22)25(29)26-18-19-10-4-3-5-11-19/h3-17H,18H2,1-2H3,(H,26,29)/b17-16+. The molecule has 0 aliphatic heterocycles. The molecule has 3 rings (SSSR count). The van der Waals surface area contributed by atoms with Crippen LogP contribution >= 0.6 is 0 Å². The molecule has 0 radical (unpaired) electrons. The lowest BCUT2D eigenvalue weighted by Crippen LogP contribution is -2.29. The SMILES string of the molecule is COc1ccccc1/C=C/C(=O)N(C)c1ccccc1C(=O)NCc1ccccc1. The van der Waals surface area contributed by atoms with E-state index < -0.39 is 0 Å². The Kier molecular flexibility index (Phi) is 7.00. The monoisotopic (exact) mass is 400 g/mol. The van der Waals surface area contributed by atoms with Crippen molar-refractivity contribution in [3.8, 4) is 5.75 Å². The summed E-state index contributed by atoms with van der Waals surface area (Å²) in [4.78, 5) is 26.9. The second kappa shape index (κ2) is 10.1. The molecule has 0 heterocycles. The number of rotatable bonds is 7. The molecule has 3 aromatic rings. The molecule has 0 saturated carbocycles. The summed E-state index contributed by atoms with van der Waals surface area (Å²) in [7, 11) is 3.24. The van der Waals surface area contributed by atoms with Gasteiger partial charge in [0.2, 0.25) is 0 Å². The van der Waals surface area contributed by atoms with Crippen molar-refractivity contribution in [2.45, 2.75) is 6.54 Å². The van der Waals surface area contributed by atoms with Gasteiger partial charge in [0.15, 0.2) is 0 Å². The molecule has 0 atom stereocenters. The van der Waals surface area contributed by atoms with Gasteiger partial charge < -0.3 is 15.0 Å². The highest BCUT2D eigenvalue weighted by atomic mass is 16.5. The molecule has 0 aliphatic rings. The predicted octanol–water partition coefficient (Wildman–Crippen LogP) is 4.30. The summed E-state index contributed by atoms with van der Waals surface area (Å²) in [6.45, 7) is 0.416. The Balaban J connectivity index is 1.74. The van der Waals surface area contributed by atoms with Crippen molar-refractivity contribution in [3.05, 3.63) is 102 Å². The van der Waals surface area contributed by atoms with Gasteiger partial charge in [-0.1, -0.05) is 60.7 Å². The summed E-state index contributed by atoms with van der Waals surface area (Å²) >= 11 is 0. The lowest BCUT2D eigenvalue weighted by molar-refractivity contribution is -0.113. The number of benzene rings is 3. The number of hydrogen-bond acceptors (Lipinski definition) is 3. The van der Waals surface area contributed by atoms with Crippen LogP contribution in [0.1, 0.15) is 21.5 Å². The normalized spacial score (nSPS) is 10.6. The summed E-state index contributed by atoms with van der Waals surface area (Å²) < 4.78 is 5.31. The average molecular weight is 400 g/mol. The third-order valence-electron chi connectivity index (χ3n) is 4.68. The minimum absolute atomic E-state index is 0.234. The molecule has 0 saturated heterocycles. The predicted molar refractivity (Wildman–Crippen MR) is 119 cm³/mol. The van der Waals surface area contributed by atoms with Gasteiger partial charge in [-0.05, 0) is 29.8 Å². The van der Waals surface area contributed by atoms with Crippen LogP contribution in [-0.4, -0.2) is 26.0 Å². The molecule has 5 nitrogen and oxygen atoms in total. The fourth-order valence-electron chi connectivity index (χ4n) is 3.03. The van der Waals surface area contributed by atoms with Crippen molar-refractivity contribution in [1.29, 1.82) is 0 Å². The zero-order valence-corrected chi connectivity index (χ0v) is 17.0. The lowest BCUT2D eigenvalue weighted by atomic mass is 10.1. The molecule has 0 aromatic heterocycles. The summed E-state index contributed by atoms with van der Waals surface area (Å²) in [5, 5.41) is 2.91. The molecular formula is C25H24N2O3. The van der Waals surface area contributed by atoms with E-state index in [-0.39, 0.29) is 11.8 Å². The number of para-hydroxylation sites is 2.